The van der Waals surface area contributed by atoms with Crippen LogP contribution in [0.2, 0.25) is 0 Å². The normalized spacial score (nSPS) is 11.8. The third kappa shape index (κ3) is 3.91. The van der Waals surface area contributed by atoms with Gasteiger partial charge >= 0.3 is 15.6 Å². The van der Waals surface area contributed by atoms with Gasteiger partial charge in [-0.2, -0.15) is 21.6 Å². The number of carbonyl (C=O) groups excluding carboxylic acids is 1. The fraction of sp³-hybridized carbons (Fsp3) is 0.273. The van der Waals surface area contributed by atoms with E-state index >= 15 is 0 Å². The molecule has 7 nitrogen and oxygen atoms in total. The van der Waals surface area contributed by atoms with Crippen LogP contribution in [0.25, 0.3) is 10.2 Å². The van der Waals surface area contributed by atoms with Crippen LogP contribution < -0.4 is 15.7 Å². The summed E-state index contributed by atoms with van der Waals surface area (Å²) in [6.07, 6.45) is 2.09. The second-order valence-electron chi connectivity index (χ2n) is 3.82. The van der Waals surface area contributed by atoms with E-state index in [1.165, 1.54) is 7.05 Å². The molecule has 4 N–H and O–H groups in total. The molecule has 0 unspecified atom stereocenters. The maximum atomic E-state index is 12.3. The minimum absolute atomic E-state index is 0.110. The lowest BCUT2D eigenvalue weighted by atomic mass is 10.3. The Morgan fingerprint density at radius 2 is 1.96 bits per heavy atom. The van der Waals surface area contributed by atoms with E-state index < -0.39 is 21.5 Å². The predicted molar refractivity (Wildman–Crippen MR) is 86.9 cm³/mol. The molecule has 0 spiro atoms. The number of nitrogens with two attached hydrogens (primary N) is 2. The maximum Gasteiger partial charge on any atom is 0.534 e. The maximum absolute atomic E-state index is 12.3. The van der Waals surface area contributed by atoms with Gasteiger partial charge in [0.2, 0.25) is 5.88 Å². The van der Waals surface area contributed by atoms with Crippen molar-refractivity contribution >= 4 is 55.4 Å². The van der Waals surface area contributed by atoms with Crippen molar-refractivity contribution in [2.24, 2.45) is 5.73 Å². The molecule has 2 aromatic rings. The first-order valence-electron chi connectivity index (χ1n) is 5.91. The third-order valence-electron chi connectivity index (χ3n) is 2.47. The summed E-state index contributed by atoms with van der Waals surface area (Å²) in [6, 6.07) is 1.02. The number of carbonyl (C=O) groups is 1. The van der Waals surface area contributed by atoms with Crippen LogP contribution >= 0.6 is 23.1 Å². The molecule has 0 bridgehead atoms. The molecule has 0 aliphatic carbocycles. The van der Waals surface area contributed by atoms with Crippen LogP contribution in [-0.4, -0.2) is 38.5 Å². The monoisotopic (exact) mass is 403 g/mol. The van der Waals surface area contributed by atoms with Crippen molar-refractivity contribution in [3.05, 3.63) is 10.9 Å². The minimum atomic E-state index is -5.82. The molecule has 0 saturated carbocycles. The number of alkyl halides is 3. The number of pyridine rings is 1. The number of nitrogens with zero attached hydrogens (tertiary/aromatic N) is 1. The first-order valence-corrected chi connectivity index (χ1v) is 9.36. The van der Waals surface area contributed by atoms with Gasteiger partial charge in [-0.25, -0.2) is 4.98 Å². The summed E-state index contributed by atoms with van der Waals surface area (Å²) < 4.78 is 63.0. The average Bonchev–Trinajstić information content (AvgIpc) is 2.83. The zero-order valence-electron chi connectivity index (χ0n) is 12.2. The van der Waals surface area contributed by atoms with Crippen LogP contribution in [-0.2, 0) is 10.1 Å². The van der Waals surface area contributed by atoms with Crippen LogP contribution in [0.1, 0.15) is 9.67 Å². The molecule has 2 heterocycles. The molecule has 24 heavy (non-hydrogen) atoms. The number of thioether (sulfide) groups is 1. The van der Waals surface area contributed by atoms with Gasteiger partial charge < -0.3 is 15.7 Å². The van der Waals surface area contributed by atoms with E-state index in [1.54, 1.807) is 6.26 Å². The van der Waals surface area contributed by atoms with Gasteiger partial charge in [0.15, 0.2) is 6.29 Å². The quantitative estimate of drug-likeness (QED) is 0.344. The Morgan fingerprint density at radius 3 is 2.42 bits per heavy atom. The summed E-state index contributed by atoms with van der Waals surface area (Å²) in [5, 5.41) is 0.372. The van der Waals surface area contributed by atoms with Crippen molar-refractivity contribution in [3.8, 4) is 5.88 Å². The number of hydrogen-bond donors (Lipinski definition) is 2. The molecule has 0 aliphatic rings. The number of nitrogen functional groups attached to an aromatic ring is 1. The van der Waals surface area contributed by atoms with Crippen molar-refractivity contribution in [1.29, 1.82) is 0 Å². The van der Waals surface area contributed by atoms with Crippen molar-refractivity contribution in [3.63, 3.8) is 0 Å². The molecule has 0 atom stereocenters. The lowest BCUT2D eigenvalue weighted by molar-refractivity contribution is -0.0501. The van der Waals surface area contributed by atoms with E-state index in [1.807, 2.05) is 0 Å². The van der Waals surface area contributed by atoms with Crippen LogP contribution in [0, 0.1) is 0 Å². The fourth-order valence-corrected chi connectivity index (χ4v) is 3.56. The molecule has 0 saturated heterocycles. The van der Waals surface area contributed by atoms with Crippen LogP contribution in [0.5, 0.6) is 5.88 Å². The highest BCUT2D eigenvalue weighted by Crippen LogP contribution is 2.40. The van der Waals surface area contributed by atoms with Gasteiger partial charge in [0.25, 0.3) is 0 Å². The van der Waals surface area contributed by atoms with Gasteiger partial charge in [-0.3, -0.25) is 4.79 Å². The molecular weight excluding hydrogens is 391 g/mol. The lowest BCUT2D eigenvalue weighted by Gasteiger charge is -2.09. The summed E-state index contributed by atoms with van der Waals surface area (Å²) >= 11 is 1.93. The number of rotatable bonds is 4. The minimum Gasteiger partial charge on any atom is -0.397 e. The van der Waals surface area contributed by atoms with E-state index in [4.69, 9.17) is 5.73 Å². The largest absolute Gasteiger partial charge is 0.534 e. The topological polar surface area (TPSA) is 125 Å². The molecule has 134 valence electrons. The zero-order valence-corrected chi connectivity index (χ0v) is 14.7. The second-order valence-corrected chi connectivity index (χ2v) is 7.24. The summed E-state index contributed by atoms with van der Waals surface area (Å²) in [4.78, 5) is 15.1. The standard InChI is InChI=1S/C10H7F3N2O4S3.CH5N/c1-20-4-2-6(19-22(17,18)10(11,12)13)15-9-7(4)8(14)5(3-16)21-9;1-2/h2-3H,14H2,1H3;2H2,1H3. The van der Waals surface area contributed by atoms with E-state index in [-0.39, 0.29) is 15.4 Å². The fourth-order valence-electron chi connectivity index (χ4n) is 1.53. The summed E-state index contributed by atoms with van der Waals surface area (Å²) in [6.45, 7) is 0. The van der Waals surface area contributed by atoms with Crippen molar-refractivity contribution in [2.75, 3.05) is 19.0 Å². The highest BCUT2D eigenvalue weighted by atomic mass is 32.2. The summed E-state index contributed by atoms with van der Waals surface area (Å²) in [5.41, 5.74) is 4.83. The average molecular weight is 403 g/mol. The number of halogens is 3. The number of anilines is 1. The van der Waals surface area contributed by atoms with Gasteiger partial charge in [-0.05, 0) is 13.3 Å². The number of aldehydes is 1. The first kappa shape index (κ1) is 20.5. The van der Waals surface area contributed by atoms with Crippen LogP contribution in [0.15, 0.2) is 11.0 Å². The molecule has 0 aliphatic heterocycles. The Bertz CT molecular complexity index is 850. The van der Waals surface area contributed by atoms with Crippen molar-refractivity contribution in [2.45, 2.75) is 10.4 Å². The van der Waals surface area contributed by atoms with Crippen LogP contribution in [0.3, 0.4) is 0 Å². The predicted octanol–water partition coefficient (Wildman–Crippen LogP) is 2.22. The molecule has 2 aromatic heterocycles. The number of fused-ring (bicyclic) bond motifs is 1. The van der Waals surface area contributed by atoms with Gasteiger partial charge in [0.1, 0.15) is 4.83 Å². The van der Waals surface area contributed by atoms with Gasteiger partial charge in [-0.15, -0.1) is 23.1 Å². The lowest BCUT2D eigenvalue weighted by Crippen LogP contribution is -2.28. The molecular formula is C11H12F3N3O4S3. The van der Waals surface area contributed by atoms with E-state index in [2.05, 4.69) is 14.9 Å². The van der Waals surface area contributed by atoms with Crippen molar-refractivity contribution < 1.29 is 30.6 Å². The zero-order chi connectivity index (χ0) is 18.7. The molecule has 0 radical (unpaired) electrons. The van der Waals surface area contributed by atoms with E-state index in [0.717, 1.165) is 29.2 Å². The second kappa shape index (κ2) is 7.55. The number of hydrogen-bond acceptors (Lipinski definition) is 9. The SMILES string of the molecule is CN.CSc1cc(OS(=O)(=O)C(F)(F)F)nc2sc(C=O)c(N)c12. The van der Waals surface area contributed by atoms with Gasteiger partial charge in [0, 0.05) is 16.3 Å². The smallest absolute Gasteiger partial charge is 0.397 e. The Labute approximate surface area is 143 Å². The highest BCUT2D eigenvalue weighted by molar-refractivity contribution is 7.98. The molecule has 0 aromatic carbocycles. The third-order valence-corrected chi connectivity index (χ3v) is 5.22. The first-order chi connectivity index (χ1) is 11.1. The summed E-state index contributed by atoms with van der Waals surface area (Å²) in [7, 11) is -4.32. The molecule has 0 fully saturated rings. The highest BCUT2D eigenvalue weighted by Gasteiger charge is 2.49. The Balaban J connectivity index is 0.00000139. The van der Waals surface area contributed by atoms with Crippen molar-refractivity contribution in [1.82, 2.24) is 4.98 Å². The Kier molecular flexibility index (Phi) is 6.44. The van der Waals surface area contributed by atoms with Crippen LogP contribution in [0.4, 0.5) is 18.9 Å². The Morgan fingerprint density at radius 1 is 1.38 bits per heavy atom. The molecule has 2 rings (SSSR count). The number of thiophene rings is 1. The molecule has 13 heteroatoms. The van der Waals surface area contributed by atoms with E-state index in [9.17, 15) is 26.4 Å². The summed E-state index contributed by atoms with van der Waals surface area (Å²) in [5.74, 6) is -0.743. The number of aromatic nitrogens is 1. The van der Waals surface area contributed by atoms with Gasteiger partial charge in [0.05, 0.1) is 10.6 Å². The molecule has 0 amide bonds. The Hall–Kier alpha value is -1.57. The van der Waals surface area contributed by atoms with Gasteiger partial charge in [-0.1, -0.05) is 0 Å². The van der Waals surface area contributed by atoms with E-state index in [0.29, 0.717) is 16.6 Å².